The average molecular weight is 307 g/mol. The summed E-state index contributed by atoms with van der Waals surface area (Å²) in [4.78, 5) is 22.6. The van der Waals surface area contributed by atoms with Gasteiger partial charge in [0.1, 0.15) is 6.04 Å². The molecule has 2 N–H and O–H groups in total. The molecule has 0 fully saturated rings. The summed E-state index contributed by atoms with van der Waals surface area (Å²) in [5.41, 5.74) is -0.737. The van der Waals surface area contributed by atoms with Crippen molar-refractivity contribution >= 4 is 23.6 Å². The van der Waals surface area contributed by atoms with Crippen LogP contribution in [0.25, 0.3) is 0 Å². The van der Waals surface area contributed by atoms with E-state index in [4.69, 9.17) is 5.11 Å². The van der Waals surface area contributed by atoms with E-state index in [2.05, 4.69) is 5.32 Å². The number of halogens is 3. The van der Waals surface area contributed by atoms with E-state index in [1.165, 1.54) is 11.8 Å². The third kappa shape index (κ3) is 3.89. The summed E-state index contributed by atoms with van der Waals surface area (Å²) in [6.45, 7) is 0. The maximum absolute atomic E-state index is 13.4. The monoisotopic (exact) mass is 307 g/mol. The maximum Gasteiger partial charge on any atom is 0.326 e. The van der Waals surface area contributed by atoms with Crippen LogP contribution in [0.1, 0.15) is 16.8 Å². The largest absolute Gasteiger partial charge is 0.480 e. The van der Waals surface area contributed by atoms with Crippen LogP contribution < -0.4 is 5.32 Å². The first-order valence-corrected chi connectivity index (χ1v) is 6.94. The Morgan fingerprint density at radius 1 is 1.30 bits per heavy atom. The van der Waals surface area contributed by atoms with Crippen molar-refractivity contribution in [3.63, 3.8) is 0 Å². The van der Waals surface area contributed by atoms with E-state index in [1.807, 2.05) is 0 Å². The molecule has 1 aromatic carbocycles. The summed E-state index contributed by atoms with van der Waals surface area (Å²) in [5.74, 6) is -6.75. The van der Waals surface area contributed by atoms with E-state index in [0.29, 0.717) is 11.8 Å². The molecule has 0 aromatic heterocycles. The van der Waals surface area contributed by atoms with Crippen LogP contribution >= 0.6 is 11.8 Å². The first kappa shape index (κ1) is 16.4. The van der Waals surface area contributed by atoms with Gasteiger partial charge in [-0.3, -0.25) is 4.79 Å². The minimum absolute atomic E-state index is 0.132. The van der Waals surface area contributed by atoms with Gasteiger partial charge in [0.15, 0.2) is 17.5 Å². The van der Waals surface area contributed by atoms with Gasteiger partial charge in [0, 0.05) is 0 Å². The van der Waals surface area contributed by atoms with Gasteiger partial charge < -0.3 is 10.4 Å². The molecule has 0 saturated carbocycles. The minimum atomic E-state index is -1.77. The molecule has 20 heavy (non-hydrogen) atoms. The lowest BCUT2D eigenvalue weighted by molar-refractivity contribution is -0.139. The molecule has 0 spiro atoms. The molecule has 0 unspecified atom stereocenters. The van der Waals surface area contributed by atoms with E-state index in [9.17, 15) is 22.8 Å². The number of carbonyl (C=O) groups excluding carboxylic acids is 1. The third-order valence-electron chi connectivity index (χ3n) is 2.49. The van der Waals surface area contributed by atoms with Gasteiger partial charge in [0.05, 0.1) is 5.56 Å². The fraction of sp³-hybridized carbons (Fsp3) is 0.333. The number of hydrogen-bond donors (Lipinski definition) is 2. The van der Waals surface area contributed by atoms with Crippen molar-refractivity contribution in [3.8, 4) is 0 Å². The highest BCUT2D eigenvalue weighted by atomic mass is 32.2. The van der Waals surface area contributed by atoms with Crippen LogP contribution in [0, 0.1) is 17.5 Å². The number of benzene rings is 1. The molecular weight excluding hydrogens is 295 g/mol. The summed E-state index contributed by atoms with van der Waals surface area (Å²) in [6.07, 6.45) is 1.89. The van der Waals surface area contributed by atoms with E-state index in [-0.39, 0.29) is 6.42 Å². The van der Waals surface area contributed by atoms with Crippen LogP contribution in [0.3, 0.4) is 0 Å². The van der Waals surface area contributed by atoms with Crippen LogP contribution in [-0.4, -0.2) is 35.0 Å². The number of rotatable bonds is 6. The highest BCUT2D eigenvalue weighted by molar-refractivity contribution is 7.98. The lowest BCUT2D eigenvalue weighted by Gasteiger charge is -2.14. The molecule has 0 saturated heterocycles. The quantitative estimate of drug-likeness (QED) is 0.789. The number of nitrogens with one attached hydrogen (secondary N) is 1. The van der Waals surface area contributed by atoms with Crippen LogP contribution in [0.4, 0.5) is 13.2 Å². The third-order valence-corrected chi connectivity index (χ3v) is 3.14. The minimum Gasteiger partial charge on any atom is -0.480 e. The van der Waals surface area contributed by atoms with E-state index in [0.717, 1.165) is 6.07 Å². The SMILES string of the molecule is CSCC[C@H](NC(=O)c1ccc(F)c(F)c1F)C(=O)O. The lowest BCUT2D eigenvalue weighted by Crippen LogP contribution is -2.41. The number of carbonyl (C=O) groups is 2. The van der Waals surface area contributed by atoms with E-state index in [1.54, 1.807) is 6.26 Å². The zero-order valence-corrected chi connectivity index (χ0v) is 11.3. The second-order valence-corrected chi connectivity index (χ2v) is 4.85. The molecule has 0 aliphatic carbocycles. The molecule has 0 aliphatic heterocycles. The fourth-order valence-electron chi connectivity index (χ4n) is 1.43. The molecule has 110 valence electrons. The van der Waals surface area contributed by atoms with Crippen molar-refractivity contribution < 1.29 is 27.9 Å². The maximum atomic E-state index is 13.4. The topological polar surface area (TPSA) is 66.4 Å². The molecule has 8 heteroatoms. The first-order valence-electron chi connectivity index (χ1n) is 5.54. The van der Waals surface area contributed by atoms with E-state index >= 15 is 0 Å². The van der Waals surface area contributed by atoms with Crippen LogP contribution in [0.15, 0.2) is 12.1 Å². The molecular formula is C12H12F3NO3S. The summed E-state index contributed by atoms with van der Waals surface area (Å²) in [6, 6.07) is 0.143. The summed E-state index contributed by atoms with van der Waals surface area (Å²) in [5, 5.41) is 11.0. The predicted molar refractivity (Wildman–Crippen MR) is 68.2 cm³/mol. The Kier molecular flexibility index (Phi) is 5.87. The Balaban J connectivity index is 2.89. The molecule has 0 heterocycles. The Labute approximate surface area is 117 Å². The fourth-order valence-corrected chi connectivity index (χ4v) is 1.90. The number of hydrogen-bond acceptors (Lipinski definition) is 3. The van der Waals surface area contributed by atoms with Gasteiger partial charge in [-0.2, -0.15) is 11.8 Å². The normalized spacial score (nSPS) is 12.0. The van der Waals surface area contributed by atoms with Crippen molar-refractivity contribution in [3.05, 3.63) is 35.1 Å². The molecule has 0 aliphatic rings. The zero-order chi connectivity index (χ0) is 15.3. The van der Waals surface area contributed by atoms with Crippen molar-refractivity contribution in [2.45, 2.75) is 12.5 Å². The van der Waals surface area contributed by atoms with Crippen molar-refractivity contribution in [2.75, 3.05) is 12.0 Å². The zero-order valence-electron chi connectivity index (χ0n) is 10.5. The van der Waals surface area contributed by atoms with Gasteiger partial charge in [0.25, 0.3) is 5.91 Å². The lowest BCUT2D eigenvalue weighted by atomic mass is 10.1. The Morgan fingerprint density at radius 2 is 1.95 bits per heavy atom. The second kappa shape index (κ2) is 7.18. The molecule has 4 nitrogen and oxygen atoms in total. The number of carboxylic acid groups (broad SMARTS) is 1. The number of aliphatic carboxylic acids is 1. The van der Waals surface area contributed by atoms with Crippen molar-refractivity contribution in [1.82, 2.24) is 5.32 Å². The molecule has 0 bridgehead atoms. The van der Waals surface area contributed by atoms with Crippen LogP contribution in [0.5, 0.6) is 0 Å². The second-order valence-electron chi connectivity index (χ2n) is 3.87. The number of amides is 1. The van der Waals surface area contributed by atoms with Crippen LogP contribution in [-0.2, 0) is 4.79 Å². The standard InChI is InChI=1S/C12H12F3NO3S/c1-20-5-4-8(12(18)19)16-11(17)6-2-3-7(13)10(15)9(6)14/h2-3,8H,4-5H2,1H3,(H,16,17)(H,18,19)/t8-/m0/s1. The Hall–Kier alpha value is -1.70. The van der Waals surface area contributed by atoms with Gasteiger partial charge in [0.2, 0.25) is 0 Å². The molecule has 1 atom stereocenters. The molecule has 0 radical (unpaired) electrons. The Morgan fingerprint density at radius 3 is 2.50 bits per heavy atom. The van der Waals surface area contributed by atoms with Gasteiger partial charge in [-0.15, -0.1) is 0 Å². The summed E-state index contributed by atoms with van der Waals surface area (Å²) in [7, 11) is 0. The van der Waals surface area contributed by atoms with Gasteiger partial charge in [-0.1, -0.05) is 0 Å². The average Bonchev–Trinajstić information content (AvgIpc) is 2.40. The number of thioether (sulfide) groups is 1. The van der Waals surface area contributed by atoms with Crippen molar-refractivity contribution in [1.29, 1.82) is 0 Å². The molecule has 1 aromatic rings. The Bertz CT molecular complexity index is 525. The molecule has 1 rings (SSSR count). The van der Waals surface area contributed by atoms with Crippen molar-refractivity contribution in [2.24, 2.45) is 0 Å². The predicted octanol–water partition coefficient (Wildman–Crippen LogP) is 2.04. The highest BCUT2D eigenvalue weighted by Crippen LogP contribution is 2.15. The van der Waals surface area contributed by atoms with Gasteiger partial charge in [-0.05, 0) is 30.6 Å². The van der Waals surface area contributed by atoms with Crippen LogP contribution in [0.2, 0.25) is 0 Å². The molecule has 1 amide bonds. The summed E-state index contributed by atoms with van der Waals surface area (Å²) < 4.78 is 39.1. The smallest absolute Gasteiger partial charge is 0.326 e. The van der Waals surface area contributed by atoms with Gasteiger partial charge >= 0.3 is 5.97 Å². The first-order chi connectivity index (χ1) is 9.38. The van der Waals surface area contributed by atoms with Gasteiger partial charge in [-0.25, -0.2) is 18.0 Å². The highest BCUT2D eigenvalue weighted by Gasteiger charge is 2.24. The summed E-state index contributed by atoms with van der Waals surface area (Å²) >= 11 is 1.38. The van der Waals surface area contributed by atoms with E-state index < -0.39 is 40.9 Å². The number of carboxylic acids is 1.